The molecule has 0 bridgehead atoms. The lowest BCUT2D eigenvalue weighted by atomic mass is 9.92. The highest BCUT2D eigenvalue weighted by molar-refractivity contribution is 5.74. The predicted molar refractivity (Wildman–Crippen MR) is 99.6 cm³/mol. The minimum absolute atomic E-state index is 0.224. The molecule has 1 unspecified atom stereocenters. The molecule has 0 spiro atoms. The molecule has 1 amide bonds. The van der Waals surface area contributed by atoms with E-state index >= 15 is 0 Å². The molecule has 2 heterocycles. The molecule has 0 N–H and O–H groups in total. The normalized spacial score (nSPS) is 22.6. The Morgan fingerprint density at radius 1 is 1.21 bits per heavy atom. The van der Waals surface area contributed by atoms with Crippen LogP contribution in [-0.4, -0.2) is 47.9 Å². The second-order valence-corrected chi connectivity index (χ2v) is 6.84. The molecule has 0 aromatic heterocycles. The molecule has 3 nitrogen and oxygen atoms in total. The lowest BCUT2D eigenvalue weighted by Gasteiger charge is -2.39. The maximum atomic E-state index is 11.9. The number of likely N-dealkylation sites (tertiary alicyclic amines) is 1. The van der Waals surface area contributed by atoms with E-state index in [-0.39, 0.29) is 5.91 Å². The van der Waals surface area contributed by atoms with Crippen LogP contribution in [0.15, 0.2) is 48.1 Å². The molecule has 2 aliphatic rings. The molecule has 1 saturated heterocycles. The molecular formula is C21H28N2O. The summed E-state index contributed by atoms with van der Waals surface area (Å²) in [5, 5.41) is 0. The first-order valence-corrected chi connectivity index (χ1v) is 9.14. The molecule has 3 rings (SSSR count). The number of hydrogen-bond donors (Lipinski definition) is 0. The van der Waals surface area contributed by atoms with Crippen LogP contribution in [0.2, 0.25) is 0 Å². The van der Waals surface area contributed by atoms with Gasteiger partial charge in [0.2, 0.25) is 5.91 Å². The molecule has 1 aromatic rings. The van der Waals surface area contributed by atoms with Crippen LogP contribution in [0.1, 0.15) is 38.2 Å². The summed E-state index contributed by atoms with van der Waals surface area (Å²) in [5.74, 6) is 0.224. The minimum atomic E-state index is 0.224. The molecule has 128 valence electrons. The first-order chi connectivity index (χ1) is 11.7. The highest BCUT2D eigenvalue weighted by Crippen LogP contribution is 2.26. The van der Waals surface area contributed by atoms with E-state index in [0.29, 0.717) is 6.04 Å². The van der Waals surface area contributed by atoms with Crippen molar-refractivity contribution < 1.29 is 4.79 Å². The van der Waals surface area contributed by atoms with Crippen molar-refractivity contribution in [2.24, 2.45) is 0 Å². The van der Waals surface area contributed by atoms with Gasteiger partial charge in [-0.25, -0.2) is 0 Å². The van der Waals surface area contributed by atoms with Crippen LogP contribution in [-0.2, 0) is 4.79 Å². The number of nitrogens with zero attached hydrogens (tertiary/aromatic N) is 2. The summed E-state index contributed by atoms with van der Waals surface area (Å²) in [4.78, 5) is 16.5. The monoisotopic (exact) mass is 324 g/mol. The van der Waals surface area contributed by atoms with Crippen molar-refractivity contribution >= 4 is 12.0 Å². The molecule has 0 aliphatic carbocycles. The number of piperidine rings is 1. The van der Waals surface area contributed by atoms with Gasteiger partial charge in [-0.05, 0) is 36.8 Å². The van der Waals surface area contributed by atoms with E-state index in [2.05, 4.69) is 52.3 Å². The van der Waals surface area contributed by atoms with Crippen LogP contribution < -0.4 is 0 Å². The van der Waals surface area contributed by atoms with Crippen LogP contribution in [0.25, 0.3) is 6.08 Å². The summed E-state index contributed by atoms with van der Waals surface area (Å²) in [5.41, 5.74) is 2.70. The van der Waals surface area contributed by atoms with Crippen molar-refractivity contribution in [3.63, 3.8) is 0 Å². The van der Waals surface area contributed by atoms with Gasteiger partial charge in [0.1, 0.15) is 0 Å². The maximum Gasteiger partial charge on any atom is 0.219 e. The summed E-state index contributed by atoms with van der Waals surface area (Å²) in [6.07, 6.45) is 11.4. The maximum absolute atomic E-state index is 11.9. The van der Waals surface area contributed by atoms with E-state index in [0.717, 1.165) is 45.4 Å². The number of hydrogen-bond acceptors (Lipinski definition) is 2. The highest BCUT2D eigenvalue weighted by atomic mass is 16.2. The first kappa shape index (κ1) is 17.0. The second-order valence-electron chi connectivity index (χ2n) is 6.84. The third kappa shape index (κ3) is 4.35. The third-order valence-electron chi connectivity index (χ3n) is 5.07. The fraction of sp³-hybridized carbons (Fsp3) is 0.476. The van der Waals surface area contributed by atoms with Gasteiger partial charge in [-0.1, -0.05) is 48.6 Å². The zero-order chi connectivity index (χ0) is 16.8. The Bertz CT molecular complexity index is 606. The highest BCUT2D eigenvalue weighted by Gasteiger charge is 2.29. The zero-order valence-corrected chi connectivity index (χ0v) is 14.7. The third-order valence-corrected chi connectivity index (χ3v) is 5.07. The lowest BCUT2D eigenvalue weighted by Crippen LogP contribution is -2.46. The molecular weight excluding hydrogens is 296 g/mol. The summed E-state index contributed by atoms with van der Waals surface area (Å²) >= 11 is 0. The topological polar surface area (TPSA) is 23.6 Å². The van der Waals surface area contributed by atoms with Crippen molar-refractivity contribution in [2.75, 3.05) is 26.2 Å². The van der Waals surface area contributed by atoms with E-state index in [1.54, 1.807) is 6.92 Å². The lowest BCUT2D eigenvalue weighted by molar-refractivity contribution is -0.131. The fourth-order valence-corrected chi connectivity index (χ4v) is 3.83. The van der Waals surface area contributed by atoms with E-state index in [4.69, 9.17) is 0 Å². The van der Waals surface area contributed by atoms with Crippen molar-refractivity contribution in [1.29, 1.82) is 0 Å². The Morgan fingerprint density at radius 2 is 2.04 bits per heavy atom. The summed E-state index contributed by atoms with van der Waals surface area (Å²) in [7, 11) is 0. The van der Waals surface area contributed by atoms with Gasteiger partial charge in [-0.2, -0.15) is 0 Å². The zero-order valence-electron chi connectivity index (χ0n) is 14.7. The van der Waals surface area contributed by atoms with Crippen molar-refractivity contribution in [3.05, 3.63) is 53.6 Å². The number of carbonyl (C=O) groups excluding carboxylic acids is 1. The van der Waals surface area contributed by atoms with Crippen LogP contribution >= 0.6 is 0 Å². The Labute approximate surface area is 145 Å². The van der Waals surface area contributed by atoms with Crippen LogP contribution in [0, 0.1) is 0 Å². The van der Waals surface area contributed by atoms with Gasteiger partial charge in [-0.15, -0.1) is 0 Å². The van der Waals surface area contributed by atoms with Gasteiger partial charge in [0.25, 0.3) is 0 Å². The molecule has 1 atom stereocenters. The second kappa shape index (κ2) is 8.29. The molecule has 3 heteroatoms. The standard InChI is InChI=1S/C21H28N2O/c1-18(24)23-16-6-5-13-21(23)20-12-8-15-22(17-20)14-7-11-19-9-3-2-4-10-19/h2-4,7,9-12,21H,5-6,8,13-17H2,1H3/b11-7+. The largest absolute Gasteiger partial charge is 0.336 e. The van der Waals surface area contributed by atoms with Gasteiger partial charge >= 0.3 is 0 Å². The van der Waals surface area contributed by atoms with Crippen molar-refractivity contribution in [3.8, 4) is 0 Å². The van der Waals surface area contributed by atoms with Gasteiger partial charge in [0, 0.05) is 33.1 Å². The average molecular weight is 324 g/mol. The summed E-state index contributed by atoms with van der Waals surface area (Å²) in [6, 6.07) is 10.8. The molecule has 0 radical (unpaired) electrons. The molecule has 1 fully saturated rings. The van der Waals surface area contributed by atoms with Crippen LogP contribution in [0.3, 0.4) is 0 Å². The molecule has 1 aromatic carbocycles. The van der Waals surface area contributed by atoms with E-state index in [1.807, 2.05) is 6.07 Å². The Balaban J connectivity index is 1.58. The Hall–Kier alpha value is -1.87. The average Bonchev–Trinajstić information content (AvgIpc) is 2.63. The summed E-state index contributed by atoms with van der Waals surface area (Å²) in [6.45, 7) is 5.70. The number of rotatable bonds is 4. The fourth-order valence-electron chi connectivity index (χ4n) is 3.83. The van der Waals surface area contributed by atoms with Gasteiger partial charge in [0.05, 0.1) is 6.04 Å². The molecule has 24 heavy (non-hydrogen) atoms. The minimum Gasteiger partial charge on any atom is -0.336 e. The summed E-state index contributed by atoms with van der Waals surface area (Å²) < 4.78 is 0. The number of benzene rings is 1. The van der Waals surface area contributed by atoms with Crippen LogP contribution in [0.5, 0.6) is 0 Å². The number of carbonyl (C=O) groups is 1. The quantitative estimate of drug-likeness (QED) is 0.788. The predicted octanol–water partition coefficient (Wildman–Crippen LogP) is 3.73. The Kier molecular flexibility index (Phi) is 5.86. The van der Waals surface area contributed by atoms with Gasteiger partial charge < -0.3 is 4.90 Å². The Morgan fingerprint density at radius 3 is 2.83 bits per heavy atom. The number of amides is 1. The van der Waals surface area contributed by atoms with Gasteiger partial charge in [0.15, 0.2) is 0 Å². The van der Waals surface area contributed by atoms with Crippen molar-refractivity contribution in [1.82, 2.24) is 9.80 Å². The first-order valence-electron chi connectivity index (χ1n) is 9.14. The van der Waals surface area contributed by atoms with E-state index < -0.39 is 0 Å². The van der Waals surface area contributed by atoms with Crippen LogP contribution in [0.4, 0.5) is 0 Å². The smallest absolute Gasteiger partial charge is 0.219 e. The van der Waals surface area contributed by atoms with Crippen molar-refractivity contribution in [2.45, 2.75) is 38.6 Å². The van der Waals surface area contributed by atoms with E-state index in [9.17, 15) is 4.79 Å². The van der Waals surface area contributed by atoms with E-state index in [1.165, 1.54) is 17.6 Å². The molecule has 2 aliphatic heterocycles. The van der Waals surface area contributed by atoms with Gasteiger partial charge in [-0.3, -0.25) is 9.69 Å². The SMILES string of the molecule is CC(=O)N1CCCCC1C1=CCCN(C/C=C/c2ccccc2)C1. The molecule has 0 saturated carbocycles.